The van der Waals surface area contributed by atoms with Crippen LogP contribution in [0.25, 0.3) is 5.95 Å². The average molecular weight is 389 g/mol. The SMILES string of the molecule is C[C@H]1Cc2c(nnn2-c2ncc(F)cn2)CN1C(=O)c1ccnc(CF)c1F. The zero-order valence-electron chi connectivity index (χ0n) is 14.7. The van der Waals surface area contributed by atoms with Crippen molar-refractivity contribution < 1.29 is 18.0 Å². The first-order valence-electron chi connectivity index (χ1n) is 8.41. The Morgan fingerprint density at radius 2 is 2.00 bits per heavy atom. The van der Waals surface area contributed by atoms with Crippen LogP contribution in [0.4, 0.5) is 13.2 Å². The van der Waals surface area contributed by atoms with Crippen molar-refractivity contribution in [1.29, 1.82) is 0 Å². The first-order chi connectivity index (χ1) is 13.5. The van der Waals surface area contributed by atoms with Gasteiger partial charge < -0.3 is 4.90 Å². The van der Waals surface area contributed by atoms with Gasteiger partial charge in [0.25, 0.3) is 11.9 Å². The molecule has 4 heterocycles. The number of rotatable bonds is 3. The summed E-state index contributed by atoms with van der Waals surface area (Å²) in [6, 6.07) is 0.904. The number of pyridine rings is 1. The molecule has 0 radical (unpaired) electrons. The lowest BCUT2D eigenvalue weighted by atomic mass is 10.0. The quantitative estimate of drug-likeness (QED) is 0.679. The number of aromatic nitrogens is 6. The van der Waals surface area contributed by atoms with Gasteiger partial charge in [-0.05, 0) is 13.0 Å². The van der Waals surface area contributed by atoms with Crippen molar-refractivity contribution in [1.82, 2.24) is 34.8 Å². The Kier molecular flexibility index (Phi) is 4.49. The predicted molar refractivity (Wildman–Crippen MR) is 89.0 cm³/mol. The van der Waals surface area contributed by atoms with Crippen molar-refractivity contribution in [2.24, 2.45) is 0 Å². The molecule has 0 aromatic carbocycles. The largest absolute Gasteiger partial charge is 0.329 e. The van der Waals surface area contributed by atoms with Gasteiger partial charge in [0.1, 0.15) is 18.1 Å². The van der Waals surface area contributed by atoms with E-state index in [0.717, 1.165) is 12.4 Å². The molecule has 0 aliphatic carbocycles. The summed E-state index contributed by atoms with van der Waals surface area (Å²) in [5.41, 5.74) is 0.533. The third-order valence-corrected chi connectivity index (χ3v) is 4.56. The lowest BCUT2D eigenvalue weighted by Crippen LogP contribution is -2.43. The number of alkyl halides is 1. The van der Waals surface area contributed by atoms with Gasteiger partial charge in [0, 0.05) is 18.7 Å². The molecule has 1 aliphatic rings. The van der Waals surface area contributed by atoms with Crippen molar-refractivity contribution in [2.45, 2.75) is 32.6 Å². The van der Waals surface area contributed by atoms with E-state index in [2.05, 4.69) is 25.3 Å². The molecule has 0 N–H and O–H groups in total. The van der Waals surface area contributed by atoms with E-state index in [1.807, 2.05) is 0 Å². The molecule has 0 saturated heterocycles. The van der Waals surface area contributed by atoms with Gasteiger partial charge in [-0.3, -0.25) is 9.78 Å². The monoisotopic (exact) mass is 389 g/mol. The van der Waals surface area contributed by atoms with Gasteiger partial charge in [-0.15, -0.1) is 5.10 Å². The topological polar surface area (TPSA) is 89.7 Å². The van der Waals surface area contributed by atoms with E-state index in [9.17, 15) is 18.0 Å². The standard InChI is InChI=1S/C17H14F3N7O/c1-9-4-14-13(24-25-27(14)17-22-6-10(19)7-23-17)8-26(9)16(28)11-2-3-21-12(5-18)15(11)20/h2-3,6-7,9H,4-5,8H2,1H3/t9-/m0/s1. The Morgan fingerprint density at radius 3 is 2.71 bits per heavy atom. The molecule has 4 rings (SSSR count). The molecule has 3 aromatic rings. The zero-order chi connectivity index (χ0) is 19.8. The maximum absolute atomic E-state index is 14.3. The highest BCUT2D eigenvalue weighted by Gasteiger charge is 2.33. The number of carbonyl (C=O) groups is 1. The van der Waals surface area contributed by atoms with E-state index >= 15 is 0 Å². The maximum atomic E-state index is 14.3. The third kappa shape index (κ3) is 2.98. The molecule has 28 heavy (non-hydrogen) atoms. The number of nitrogens with zero attached hydrogens (tertiary/aromatic N) is 7. The number of hydrogen-bond donors (Lipinski definition) is 0. The van der Waals surface area contributed by atoms with Gasteiger partial charge in [-0.2, -0.15) is 4.68 Å². The second-order valence-electron chi connectivity index (χ2n) is 6.33. The van der Waals surface area contributed by atoms with Gasteiger partial charge in [-0.25, -0.2) is 23.1 Å². The second-order valence-corrected chi connectivity index (χ2v) is 6.33. The molecule has 11 heteroatoms. The molecular weight excluding hydrogens is 375 g/mol. The molecule has 0 bridgehead atoms. The normalized spacial score (nSPS) is 16.1. The summed E-state index contributed by atoms with van der Waals surface area (Å²) in [5, 5.41) is 8.04. The van der Waals surface area contributed by atoms with Gasteiger partial charge in [0.05, 0.1) is 30.2 Å². The minimum Gasteiger partial charge on any atom is -0.329 e. The lowest BCUT2D eigenvalue weighted by molar-refractivity contribution is 0.0647. The van der Waals surface area contributed by atoms with Gasteiger partial charge in [0.2, 0.25) is 0 Å². The summed E-state index contributed by atoms with van der Waals surface area (Å²) in [4.78, 5) is 25.6. The Bertz CT molecular complexity index is 1040. The fraction of sp³-hybridized carbons (Fsp3) is 0.294. The van der Waals surface area contributed by atoms with Crippen LogP contribution in [0.15, 0.2) is 24.7 Å². The highest BCUT2D eigenvalue weighted by molar-refractivity contribution is 5.94. The van der Waals surface area contributed by atoms with E-state index in [1.165, 1.54) is 21.8 Å². The van der Waals surface area contributed by atoms with Crippen molar-refractivity contribution >= 4 is 5.91 Å². The van der Waals surface area contributed by atoms with E-state index < -0.39 is 29.9 Å². The lowest BCUT2D eigenvalue weighted by Gasteiger charge is -2.33. The Balaban J connectivity index is 1.64. The number of amides is 1. The highest BCUT2D eigenvalue weighted by Crippen LogP contribution is 2.25. The van der Waals surface area contributed by atoms with Crippen molar-refractivity contribution in [2.75, 3.05) is 0 Å². The first kappa shape index (κ1) is 18.0. The summed E-state index contributed by atoms with van der Waals surface area (Å²) in [5.74, 6) is -1.96. The van der Waals surface area contributed by atoms with Crippen LogP contribution in [-0.4, -0.2) is 46.8 Å². The molecule has 8 nitrogen and oxygen atoms in total. The van der Waals surface area contributed by atoms with Gasteiger partial charge in [0.15, 0.2) is 11.6 Å². The van der Waals surface area contributed by atoms with E-state index in [1.54, 1.807) is 6.92 Å². The van der Waals surface area contributed by atoms with E-state index in [4.69, 9.17) is 0 Å². The smallest absolute Gasteiger partial charge is 0.257 e. The average Bonchev–Trinajstić information content (AvgIpc) is 3.10. The molecule has 3 aromatic heterocycles. The van der Waals surface area contributed by atoms with Crippen molar-refractivity contribution in [3.63, 3.8) is 0 Å². The first-order valence-corrected chi connectivity index (χ1v) is 8.41. The second kappa shape index (κ2) is 6.98. The van der Waals surface area contributed by atoms with Gasteiger partial charge >= 0.3 is 0 Å². The van der Waals surface area contributed by atoms with Crippen LogP contribution in [0.1, 0.15) is 34.4 Å². The predicted octanol–water partition coefficient (Wildman–Crippen LogP) is 1.79. The molecule has 1 amide bonds. The minimum absolute atomic E-state index is 0.0866. The number of carbonyl (C=O) groups excluding carboxylic acids is 1. The molecule has 1 aliphatic heterocycles. The van der Waals surface area contributed by atoms with Crippen molar-refractivity contribution in [3.8, 4) is 5.95 Å². The van der Waals surface area contributed by atoms with E-state index in [0.29, 0.717) is 17.8 Å². The molecule has 0 saturated carbocycles. The summed E-state index contributed by atoms with van der Waals surface area (Å²) in [6.45, 7) is 0.779. The number of fused-ring (bicyclic) bond motifs is 1. The summed E-state index contributed by atoms with van der Waals surface area (Å²) in [6.07, 6.45) is 3.60. The summed E-state index contributed by atoms with van der Waals surface area (Å²) in [7, 11) is 0. The summed E-state index contributed by atoms with van der Waals surface area (Å²) < 4.78 is 41.6. The highest BCUT2D eigenvalue weighted by atomic mass is 19.1. The third-order valence-electron chi connectivity index (χ3n) is 4.56. The Hall–Kier alpha value is -3.37. The molecule has 144 valence electrons. The van der Waals surface area contributed by atoms with Crippen molar-refractivity contribution in [3.05, 3.63) is 58.9 Å². The molecule has 0 spiro atoms. The zero-order valence-corrected chi connectivity index (χ0v) is 14.7. The van der Waals surface area contributed by atoms with Crippen LogP contribution >= 0.6 is 0 Å². The fourth-order valence-electron chi connectivity index (χ4n) is 3.11. The minimum atomic E-state index is -1.10. The Morgan fingerprint density at radius 1 is 1.25 bits per heavy atom. The van der Waals surface area contributed by atoms with Crippen LogP contribution in [0.5, 0.6) is 0 Å². The van der Waals surface area contributed by atoms with Gasteiger partial charge in [-0.1, -0.05) is 5.21 Å². The summed E-state index contributed by atoms with van der Waals surface area (Å²) >= 11 is 0. The number of halogens is 3. The van der Waals surface area contributed by atoms with Crippen LogP contribution in [0.3, 0.4) is 0 Å². The van der Waals surface area contributed by atoms with Crippen LogP contribution < -0.4 is 0 Å². The molecule has 0 unspecified atom stereocenters. The van der Waals surface area contributed by atoms with Crippen LogP contribution in [0.2, 0.25) is 0 Å². The molecular formula is C17H14F3N7O. The van der Waals surface area contributed by atoms with E-state index in [-0.39, 0.29) is 24.1 Å². The van der Waals surface area contributed by atoms with Crippen LogP contribution in [-0.2, 0) is 19.6 Å². The van der Waals surface area contributed by atoms with Crippen LogP contribution in [0, 0.1) is 11.6 Å². The fourth-order valence-corrected chi connectivity index (χ4v) is 3.11. The molecule has 1 atom stereocenters. The maximum Gasteiger partial charge on any atom is 0.257 e. The Labute approximate surface area is 157 Å². The molecule has 0 fully saturated rings. The number of hydrogen-bond acceptors (Lipinski definition) is 6.